The molecule has 1 aliphatic rings. The molecule has 3 rings (SSSR count). The zero-order valence-electron chi connectivity index (χ0n) is 9.77. The summed E-state index contributed by atoms with van der Waals surface area (Å²) in [7, 11) is 0. The topological polar surface area (TPSA) is 66.9 Å². The highest BCUT2D eigenvalue weighted by atomic mass is 16.2. The monoisotopic (exact) mass is 243 g/mol. The summed E-state index contributed by atoms with van der Waals surface area (Å²) in [4.78, 5) is 27.1. The van der Waals surface area contributed by atoms with Crippen molar-refractivity contribution in [3.8, 4) is 5.69 Å². The molecule has 0 radical (unpaired) electrons. The fourth-order valence-corrected chi connectivity index (χ4v) is 2.25. The van der Waals surface area contributed by atoms with Gasteiger partial charge < -0.3 is 10.3 Å². The van der Waals surface area contributed by atoms with E-state index in [0.717, 1.165) is 12.2 Å². The van der Waals surface area contributed by atoms with Crippen molar-refractivity contribution >= 4 is 0 Å². The minimum atomic E-state index is -0.369. The van der Waals surface area contributed by atoms with Crippen molar-refractivity contribution < 1.29 is 0 Å². The summed E-state index contributed by atoms with van der Waals surface area (Å²) < 4.78 is 1.19. The lowest BCUT2D eigenvalue weighted by atomic mass is 10.1. The van der Waals surface area contributed by atoms with Crippen molar-refractivity contribution in [2.45, 2.75) is 13.0 Å². The number of para-hydroxylation sites is 1. The lowest BCUT2D eigenvalue weighted by molar-refractivity contribution is 0.607. The Morgan fingerprint density at radius 3 is 2.67 bits per heavy atom. The van der Waals surface area contributed by atoms with E-state index >= 15 is 0 Å². The number of H-pyrrole nitrogens is 1. The summed E-state index contributed by atoms with van der Waals surface area (Å²) >= 11 is 0. The number of hydrogen-bond donors (Lipinski definition) is 2. The van der Waals surface area contributed by atoms with Gasteiger partial charge in [-0.15, -0.1) is 0 Å². The number of fused-ring (bicyclic) bond motifs is 1. The standard InChI is InChI=1S/C13H13N3O2/c17-12-10-8-14-7-6-11(10)15-13(18)16(12)9-4-2-1-3-5-9/h1-5,14H,6-8H2,(H,15,18). The molecule has 2 aromatic rings. The van der Waals surface area contributed by atoms with Gasteiger partial charge in [0.2, 0.25) is 0 Å². The van der Waals surface area contributed by atoms with E-state index in [0.29, 0.717) is 24.2 Å². The van der Waals surface area contributed by atoms with E-state index in [4.69, 9.17) is 0 Å². The quantitative estimate of drug-likeness (QED) is 0.750. The summed E-state index contributed by atoms with van der Waals surface area (Å²) in [5.41, 5.74) is 1.41. The molecule has 1 aliphatic heterocycles. The maximum absolute atomic E-state index is 12.3. The van der Waals surface area contributed by atoms with Crippen molar-refractivity contribution in [1.82, 2.24) is 14.9 Å². The number of benzene rings is 1. The van der Waals surface area contributed by atoms with Crippen LogP contribution in [0.4, 0.5) is 0 Å². The molecule has 0 amide bonds. The Morgan fingerprint density at radius 1 is 1.11 bits per heavy atom. The highest BCUT2D eigenvalue weighted by Crippen LogP contribution is 2.06. The summed E-state index contributed by atoms with van der Waals surface area (Å²) in [5.74, 6) is 0. The zero-order valence-corrected chi connectivity index (χ0v) is 9.77. The molecular formula is C13H13N3O2. The molecule has 0 spiro atoms. The second kappa shape index (κ2) is 4.27. The van der Waals surface area contributed by atoms with Gasteiger partial charge in [0.05, 0.1) is 11.3 Å². The largest absolute Gasteiger partial charge is 0.333 e. The number of nitrogens with zero attached hydrogens (tertiary/aromatic N) is 1. The van der Waals surface area contributed by atoms with Crippen LogP contribution >= 0.6 is 0 Å². The molecule has 18 heavy (non-hydrogen) atoms. The van der Waals surface area contributed by atoms with Crippen molar-refractivity contribution in [3.63, 3.8) is 0 Å². The first-order valence-corrected chi connectivity index (χ1v) is 5.90. The van der Waals surface area contributed by atoms with Crippen LogP contribution in [0.25, 0.3) is 5.69 Å². The minimum Gasteiger partial charge on any atom is -0.312 e. The Bertz CT molecular complexity index is 686. The van der Waals surface area contributed by atoms with E-state index in [9.17, 15) is 9.59 Å². The lowest BCUT2D eigenvalue weighted by Crippen LogP contribution is -2.41. The highest BCUT2D eigenvalue weighted by molar-refractivity contribution is 5.33. The van der Waals surface area contributed by atoms with Gasteiger partial charge in [0.15, 0.2) is 0 Å². The molecule has 5 nitrogen and oxygen atoms in total. The molecule has 0 unspecified atom stereocenters. The van der Waals surface area contributed by atoms with Crippen LogP contribution < -0.4 is 16.6 Å². The first kappa shape index (κ1) is 11.0. The van der Waals surface area contributed by atoms with E-state index in [1.807, 2.05) is 6.07 Å². The lowest BCUT2D eigenvalue weighted by Gasteiger charge is -2.17. The maximum atomic E-state index is 12.3. The Morgan fingerprint density at radius 2 is 1.89 bits per heavy atom. The van der Waals surface area contributed by atoms with E-state index in [1.165, 1.54) is 4.57 Å². The number of nitrogens with one attached hydrogen (secondary N) is 2. The van der Waals surface area contributed by atoms with E-state index in [2.05, 4.69) is 10.3 Å². The van der Waals surface area contributed by atoms with Gasteiger partial charge in [0.25, 0.3) is 5.56 Å². The second-order valence-electron chi connectivity index (χ2n) is 4.29. The van der Waals surface area contributed by atoms with Crippen LogP contribution in [0.1, 0.15) is 11.3 Å². The molecule has 5 heteroatoms. The molecule has 2 N–H and O–H groups in total. The minimum absolute atomic E-state index is 0.229. The van der Waals surface area contributed by atoms with Crippen LogP contribution in [0.3, 0.4) is 0 Å². The predicted octanol–water partition coefficient (Wildman–Crippen LogP) is 0.171. The average Bonchev–Trinajstić information content (AvgIpc) is 2.40. The average molecular weight is 243 g/mol. The SMILES string of the molecule is O=c1[nH]c2c(c(=O)n1-c1ccccc1)CNCC2. The van der Waals surface area contributed by atoms with Crippen molar-refractivity contribution in [2.24, 2.45) is 0 Å². The zero-order chi connectivity index (χ0) is 12.5. The predicted molar refractivity (Wildman–Crippen MR) is 68.1 cm³/mol. The first-order valence-electron chi connectivity index (χ1n) is 5.90. The van der Waals surface area contributed by atoms with Crippen LogP contribution in [-0.2, 0) is 13.0 Å². The van der Waals surface area contributed by atoms with Gasteiger partial charge in [-0.25, -0.2) is 9.36 Å². The van der Waals surface area contributed by atoms with Gasteiger partial charge in [-0.3, -0.25) is 4.79 Å². The molecule has 2 heterocycles. The van der Waals surface area contributed by atoms with Crippen LogP contribution in [0.5, 0.6) is 0 Å². The van der Waals surface area contributed by atoms with Crippen molar-refractivity contribution in [3.05, 3.63) is 62.4 Å². The molecule has 0 fully saturated rings. The molecule has 0 saturated heterocycles. The molecule has 0 bridgehead atoms. The van der Waals surface area contributed by atoms with Gasteiger partial charge in [-0.1, -0.05) is 18.2 Å². The van der Waals surface area contributed by atoms with Crippen LogP contribution in [-0.4, -0.2) is 16.1 Å². The molecule has 1 aromatic heterocycles. The van der Waals surface area contributed by atoms with Crippen molar-refractivity contribution in [1.29, 1.82) is 0 Å². The summed E-state index contributed by atoms with van der Waals surface area (Å²) in [6.07, 6.45) is 0.690. The Labute approximate surface area is 103 Å². The fourth-order valence-electron chi connectivity index (χ4n) is 2.25. The van der Waals surface area contributed by atoms with Crippen LogP contribution in [0.15, 0.2) is 39.9 Å². The Kier molecular flexibility index (Phi) is 2.60. The summed E-state index contributed by atoms with van der Waals surface area (Å²) in [6.45, 7) is 1.30. The Balaban J connectivity index is 2.29. The fraction of sp³-hybridized carbons (Fsp3) is 0.231. The van der Waals surface area contributed by atoms with Gasteiger partial charge in [0, 0.05) is 25.2 Å². The van der Waals surface area contributed by atoms with Crippen LogP contribution in [0.2, 0.25) is 0 Å². The third-order valence-corrected chi connectivity index (χ3v) is 3.15. The normalized spacial score (nSPS) is 14.2. The molecule has 1 aromatic carbocycles. The van der Waals surface area contributed by atoms with Gasteiger partial charge in [-0.05, 0) is 12.1 Å². The van der Waals surface area contributed by atoms with Crippen molar-refractivity contribution in [2.75, 3.05) is 6.54 Å². The van der Waals surface area contributed by atoms with Gasteiger partial charge >= 0.3 is 5.69 Å². The van der Waals surface area contributed by atoms with E-state index in [1.54, 1.807) is 24.3 Å². The molecular weight excluding hydrogens is 230 g/mol. The van der Waals surface area contributed by atoms with E-state index in [-0.39, 0.29) is 11.2 Å². The van der Waals surface area contributed by atoms with Crippen LogP contribution in [0, 0.1) is 0 Å². The smallest absolute Gasteiger partial charge is 0.312 e. The first-order chi connectivity index (χ1) is 8.77. The molecule has 0 saturated carbocycles. The third kappa shape index (κ3) is 1.69. The van der Waals surface area contributed by atoms with Gasteiger partial charge in [-0.2, -0.15) is 0 Å². The summed E-state index contributed by atoms with van der Waals surface area (Å²) in [5, 5.41) is 3.14. The number of aromatic nitrogens is 2. The van der Waals surface area contributed by atoms with Gasteiger partial charge in [0.1, 0.15) is 0 Å². The highest BCUT2D eigenvalue weighted by Gasteiger charge is 2.17. The van der Waals surface area contributed by atoms with E-state index < -0.39 is 0 Å². The third-order valence-electron chi connectivity index (χ3n) is 3.15. The number of rotatable bonds is 1. The number of aromatic amines is 1. The second-order valence-corrected chi connectivity index (χ2v) is 4.29. The molecule has 0 aliphatic carbocycles. The Hall–Kier alpha value is -2.14. The molecule has 0 atom stereocenters. The maximum Gasteiger partial charge on any atom is 0.333 e. The number of hydrogen-bond acceptors (Lipinski definition) is 3. The molecule has 92 valence electrons. The summed E-state index contributed by atoms with van der Waals surface area (Å²) in [6, 6.07) is 8.96.